The minimum absolute atomic E-state index is 0.00818. The summed E-state index contributed by atoms with van der Waals surface area (Å²) in [5.74, 6) is -0.196. The molecule has 27 heavy (non-hydrogen) atoms. The minimum atomic E-state index is -0.173. The molecule has 7 nitrogen and oxygen atoms in total. The van der Waals surface area contributed by atoms with Gasteiger partial charge in [0.05, 0.1) is 16.8 Å². The number of rotatable bonds is 6. The maximum Gasteiger partial charge on any atom is 0.308 e. The molecule has 0 atom stereocenters. The van der Waals surface area contributed by atoms with E-state index in [1.165, 1.54) is 4.57 Å². The number of likely N-dealkylation sites (tertiary alicyclic amines) is 1. The van der Waals surface area contributed by atoms with E-state index in [0.29, 0.717) is 49.6 Å². The largest absolute Gasteiger partial charge is 0.383 e. The Hall–Kier alpha value is -1.90. The van der Waals surface area contributed by atoms with Crippen LogP contribution in [-0.4, -0.2) is 54.6 Å². The van der Waals surface area contributed by atoms with Crippen LogP contribution in [-0.2, 0) is 20.9 Å². The zero-order valence-electron chi connectivity index (χ0n) is 15.1. The highest BCUT2D eigenvalue weighted by molar-refractivity contribution is 7.16. The number of ether oxygens (including phenoxy) is 1. The summed E-state index contributed by atoms with van der Waals surface area (Å²) >= 11 is 7.13. The lowest BCUT2D eigenvalue weighted by molar-refractivity contribution is -0.136. The zero-order chi connectivity index (χ0) is 19.4. The Morgan fingerprint density at radius 3 is 2.78 bits per heavy atom. The van der Waals surface area contributed by atoms with E-state index in [-0.39, 0.29) is 29.1 Å². The quantitative estimate of drug-likeness (QED) is 0.734. The number of benzene rings is 1. The lowest BCUT2D eigenvalue weighted by Crippen LogP contribution is -2.44. The molecule has 1 N–H and O–H groups in total. The van der Waals surface area contributed by atoms with Crippen molar-refractivity contribution >= 4 is 45.0 Å². The molecule has 0 spiro atoms. The molecule has 9 heteroatoms. The molecule has 1 saturated heterocycles. The van der Waals surface area contributed by atoms with Crippen LogP contribution in [0.1, 0.15) is 12.8 Å². The highest BCUT2D eigenvalue weighted by atomic mass is 35.5. The molecule has 1 aromatic carbocycles. The van der Waals surface area contributed by atoms with Crippen molar-refractivity contribution in [3.8, 4) is 0 Å². The monoisotopic (exact) mass is 411 g/mol. The van der Waals surface area contributed by atoms with Gasteiger partial charge in [0.2, 0.25) is 11.8 Å². The van der Waals surface area contributed by atoms with Crippen molar-refractivity contribution in [2.75, 3.05) is 33.4 Å². The van der Waals surface area contributed by atoms with Crippen molar-refractivity contribution in [1.29, 1.82) is 0 Å². The topological polar surface area (TPSA) is 80.6 Å². The van der Waals surface area contributed by atoms with Gasteiger partial charge in [-0.25, -0.2) is 0 Å². The van der Waals surface area contributed by atoms with Gasteiger partial charge in [0, 0.05) is 37.7 Å². The first-order chi connectivity index (χ1) is 13.0. The van der Waals surface area contributed by atoms with Crippen molar-refractivity contribution in [2.24, 2.45) is 5.92 Å². The van der Waals surface area contributed by atoms with Crippen LogP contribution in [0.2, 0.25) is 5.02 Å². The third-order valence-corrected chi connectivity index (χ3v) is 5.94. The molecule has 1 aliphatic rings. The summed E-state index contributed by atoms with van der Waals surface area (Å²) in [6.07, 6.45) is 1.24. The van der Waals surface area contributed by atoms with Crippen molar-refractivity contribution in [3.05, 3.63) is 32.9 Å². The van der Waals surface area contributed by atoms with E-state index in [1.807, 2.05) is 0 Å². The molecule has 1 aromatic heterocycles. The second-order valence-corrected chi connectivity index (χ2v) is 7.93. The number of hydrogen-bond donors (Lipinski definition) is 1. The van der Waals surface area contributed by atoms with Crippen LogP contribution in [0, 0.1) is 5.92 Å². The summed E-state index contributed by atoms with van der Waals surface area (Å²) < 4.78 is 7.20. The van der Waals surface area contributed by atoms with Gasteiger partial charge in [-0.05, 0) is 31.0 Å². The second kappa shape index (κ2) is 8.86. The lowest BCUT2D eigenvalue weighted by Gasteiger charge is -2.31. The molecule has 0 aliphatic carbocycles. The van der Waals surface area contributed by atoms with Crippen LogP contribution < -0.4 is 10.2 Å². The van der Waals surface area contributed by atoms with Crippen LogP contribution in [0.15, 0.2) is 23.0 Å². The van der Waals surface area contributed by atoms with Gasteiger partial charge < -0.3 is 15.0 Å². The Balaban J connectivity index is 1.59. The molecule has 1 fully saturated rings. The maximum absolute atomic E-state index is 12.7. The summed E-state index contributed by atoms with van der Waals surface area (Å²) in [6, 6.07) is 5.23. The molecule has 1 aliphatic heterocycles. The number of nitrogens with zero attached hydrogens (tertiary/aromatic N) is 2. The molecule has 0 saturated carbocycles. The molecule has 0 radical (unpaired) electrons. The van der Waals surface area contributed by atoms with E-state index in [9.17, 15) is 14.4 Å². The fraction of sp³-hybridized carbons (Fsp3) is 0.500. The normalized spacial score (nSPS) is 15.3. The summed E-state index contributed by atoms with van der Waals surface area (Å²) in [7, 11) is 1.59. The van der Waals surface area contributed by atoms with Crippen LogP contribution >= 0.6 is 22.9 Å². The van der Waals surface area contributed by atoms with Gasteiger partial charge in [-0.2, -0.15) is 0 Å². The molecule has 3 rings (SSSR count). The number of carbonyl (C=O) groups is 2. The highest BCUT2D eigenvalue weighted by Gasteiger charge is 2.27. The minimum Gasteiger partial charge on any atom is -0.383 e. The third-order valence-electron chi connectivity index (χ3n) is 4.75. The Morgan fingerprint density at radius 2 is 2.07 bits per heavy atom. The van der Waals surface area contributed by atoms with E-state index >= 15 is 0 Å². The van der Waals surface area contributed by atoms with Gasteiger partial charge in [-0.3, -0.25) is 19.0 Å². The van der Waals surface area contributed by atoms with Crippen molar-refractivity contribution in [1.82, 2.24) is 14.8 Å². The third kappa shape index (κ3) is 4.69. The number of piperidine rings is 1. The highest BCUT2D eigenvalue weighted by Crippen LogP contribution is 2.22. The fourth-order valence-corrected chi connectivity index (χ4v) is 4.27. The number of hydrogen-bond acceptors (Lipinski definition) is 5. The Kier molecular flexibility index (Phi) is 6.51. The van der Waals surface area contributed by atoms with Crippen LogP contribution in [0.3, 0.4) is 0 Å². The zero-order valence-corrected chi connectivity index (χ0v) is 16.6. The number of carbonyl (C=O) groups excluding carboxylic acids is 2. The summed E-state index contributed by atoms with van der Waals surface area (Å²) in [5, 5.41) is 3.37. The molecular weight excluding hydrogens is 390 g/mol. The van der Waals surface area contributed by atoms with Gasteiger partial charge in [-0.15, -0.1) is 0 Å². The van der Waals surface area contributed by atoms with E-state index in [2.05, 4.69) is 5.32 Å². The first-order valence-corrected chi connectivity index (χ1v) is 10.0. The first-order valence-electron chi connectivity index (χ1n) is 8.83. The number of fused-ring (bicyclic) bond motifs is 1. The molecule has 2 aromatic rings. The van der Waals surface area contributed by atoms with Crippen LogP contribution in [0.5, 0.6) is 0 Å². The number of methoxy groups -OCH3 is 1. The summed E-state index contributed by atoms with van der Waals surface area (Å²) in [4.78, 5) is 38.5. The van der Waals surface area contributed by atoms with Crippen molar-refractivity contribution < 1.29 is 14.3 Å². The van der Waals surface area contributed by atoms with Crippen LogP contribution in [0.25, 0.3) is 10.2 Å². The van der Waals surface area contributed by atoms with Crippen molar-refractivity contribution in [2.45, 2.75) is 19.4 Å². The van der Waals surface area contributed by atoms with E-state index in [0.717, 1.165) is 16.0 Å². The van der Waals surface area contributed by atoms with E-state index < -0.39 is 0 Å². The molecule has 0 unspecified atom stereocenters. The van der Waals surface area contributed by atoms with E-state index in [1.54, 1.807) is 30.2 Å². The van der Waals surface area contributed by atoms with Gasteiger partial charge in [0.15, 0.2) is 0 Å². The lowest BCUT2D eigenvalue weighted by atomic mass is 9.96. The second-order valence-electron chi connectivity index (χ2n) is 6.51. The Labute approximate surface area is 165 Å². The smallest absolute Gasteiger partial charge is 0.308 e. The maximum atomic E-state index is 12.7. The number of amides is 2. The van der Waals surface area contributed by atoms with Crippen LogP contribution in [0.4, 0.5) is 0 Å². The van der Waals surface area contributed by atoms with Gasteiger partial charge in [0.25, 0.3) is 0 Å². The van der Waals surface area contributed by atoms with Crippen molar-refractivity contribution in [3.63, 3.8) is 0 Å². The summed E-state index contributed by atoms with van der Waals surface area (Å²) in [5.41, 5.74) is 0.679. The first kappa shape index (κ1) is 19.9. The molecule has 146 valence electrons. The average Bonchev–Trinajstić information content (AvgIpc) is 2.97. The molecular formula is C18H22ClN3O4S. The van der Waals surface area contributed by atoms with Gasteiger partial charge in [0.1, 0.15) is 6.54 Å². The van der Waals surface area contributed by atoms with Gasteiger partial charge >= 0.3 is 4.87 Å². The standard InChI is InChI=1S/C18H22ClN3O4S/c1-26-9-6-20-17(24)12-4-7-21(8-5-12)16(23)11-22-14-10-13(19)2-3-15(14)27-18(22)25/h2-3,10,12H,4-9,11H2,1H3,(H,20,24). The number of thiazole rings is 1. The SMILES string of the molecule is COCCNC(=O)C1CCN(C(=O)Cn2c(=O)sc3ccc(Cl)cc32)CC1. The van der Waals surface area contributed by atoms with Gasteiger partial charge in [-0.1, -0.05) is 22.9 Å². The molecule has 2 amide bonds. The average molecular weight is 412 g/mol. The predicted octanol–water partition coefficient (Wildman–Crippen LogP) is 1.72. The number of aromatic nitrogens is 1. The fourth-order valence-electron chi connectivity index (χ4n) is 3.23. The predicted molar refractivity (Wildman–Crippen MR) is 105 cm³/mol. The number of halogens is 1. The Bertz CT molecular complexity index is 886. The van der Waals surface area contributed by atoms with E-state index in [4.69, 9.17) is 16.3 Å². The Morgan fingerprint density at radius 1 is 1.33 bits per heavy atom. The molecule has 2 heterocycles. The molecule has 0 bridgehead atoms. The summed E-state index contributed by atoms with van der Waals surface area (Å²) in [6.45, 7) is 1.99. The number of nitrogens with one attached hydrogen (secondary N) is 1.